The van der Waals surface area contributed by atoms with Crippen LogP contribution in [0.1, 0.15) is 24.3 Å². The molecule has 3 aliphatic carbocycles. The minimum Gasteiger partial charge on any atom is -0.502 e. The summed E-state index contributed by atoms with van der Waals surface area (Å²) in [6.45, 7) is 0. The van der Waals surface area contributed by atoms with Crippen molar-refractivity contribution in [3.8, 4) is 17.2 Å². The van der Waals surface area contributed by atoms with Crippen molar-refractivity contribution in [2.75, 3.05) is 14.2 Å². The number of imide groups is 3. The topological polar surface area (TPSA) is 153 Å². The first-order valence-electron chi connectivity index (χ1n) is 11.1. The van der Waals surface area contributed by atoms with E-state index in [2.05, 4.69) is 15.9 Å². The quantitative estimate of drug-likeness (QED) is 0.326. The first kappa shape index (κ1) is 24.0. The van der Waals surface area contributed by atoms with E-state index in [1.54, 1.807) is 18.2 Å². The summed E-state index contributed by atoms with van der Waals surface area (Å²) in [7, 11) is 2.74. The predicted octanol–water partition coefficient (Wildman–Crippen LogP) is 2.25. The Morgan fingerprint density at radius 1 is 1.08 bits per heavy atom. The number of urea groups is 1. The fourth-order valence-corrected chi connectivity index (χ4v) is 6.33. The summed E-state index contributed by atoms with van der Waals surface area (Å²) in [6, 6.07) is 1.95. The van der Waals surface area contributed by atoms with Gasteiger partial charge in [0.15, 0.2) is 23.1 Å². The van der Waals surface area contributed by atoms with Gasteiger partial charge in [-0.1, -0.05) is 11.6 Å². The van der Waals surface area contributed by atoms with Crippen molar-refractivity contribution in [1.29, 1.82) is 0 Å². The van der Waals surface area contributed by atoms with Gasteiger partial charge in [0.2, 0.25) is 17.6 Å². The molecular weight excluding hydrogens is 536 g/mol. The number of carbonyl (C=O) groups excluding carboxylic acids is 5. The number of phenolic OH excluding ortho intramolecular Hbond substituents is 1. The number of amides is 4. The molecule has 1 heterocycles. The molecule has 1 aliphatic heterocycles. The molecule has 4 atom stereocenters. The smallest absolute Gasteiger partial charge is 0.328 e. The van der Waals surface area contributed by atoms with Crippen molar-refractivity contribution in [1.82, 2.24) is 4.90 Å². The van der Waals surface area contributed by atoms with Gasteiger partial charge in [0.1, 0.15) is 0 Å². The van der Waals surface area contributed by atoms with E-state index in [0.717, 1.165) is 0 Å². The van der Waals surface area contributed by atoms with E-state index in [1.165, 1.54) is 20.3 Å². The van der Waals surface area contributed by atoms with Crippen molar-refractivity contribution < 1.29 is 38.6 Å². The highest BCUT2D eigenvalue weighted by atomic mass is 79.9. The molecule has 1 aromatic carbocycles. The Hall–Kier alpha value is -3.73. The van der Waals surface area contributed by atoms with Crippen LogP contribution in [0.4, 0.5) is 4.79 Å². The standard InChI is InChI=1S/C25H21BrN2O8/c1-35-16-5-9(6-17(36-2)22(16)31)18-10-3-4-11-19(24(33)28(23(11)32)25(27)34)12(10)7-13-20(18)15(29)8-14(26)21(13)30/h3,5-6,8,11-12,18-19,31H,4,7H2,1-2H3,(H2,27,34)/t11-,12+,18-,19-/m0/s1. The summed E-state index contributed by atoms with van der Waals surface area (Å²) < 4.78 is 10.7. The van der Waals surface area contributed by atoms with Gasteiger partial charge in [-0.2, -0.15) is 4.90 Å². The van der Waals surface area contributed by atoms with Gasteiger partial charge in [-0.15, -0.1) is 0 Å². The van der Waals surface area contributed by atoms with Gasteiger partial charge in [0.25, 0.3) is 0 Å². The molecule has 4 amide bonds. The normalized spacial score (nSPS) is 27.2. The molecule has 10 nitrogen and oxygen atoms in total. The Balaban J connectivity index is 1.73. The van der Waals surface area contributed by atoms with Gasteiger partial charge in [-0.3, -0.25) is 19.2 Å². The maximum Gasteiger partial charge on any atom is 0.328 e. The highest BCUT2D eigenvalue weighted by molar-refractivity contribution is 9.12. The Labute approximate surface area is 213 Å². The number of likely N-dealkylation sites (tertiary alicyclic amines) is 1. The maximum atomic E-state index is 13.3. The molecule has 0 bridgehead atoms. The third-order valence-electron chi connectivity index (χ3n) is 7.39. The molecule has 1 fully saturated rings. The molecule has 3 N–H and O–H groups in total. The number of aromatic hydroxyl groups is 1. The van der Waals surface area contributed by atoms with Gasteiger partial charge in [0.05, 0.1) is 30.5 Å². The fourth-order valence-electron chi connectivity index (χ4n) is 5.88. The van der Waals surface area contributed by atoms with Crippen molar-refractivity contribution in [3.05, 3.63) is 51.0 Å². The number of ether oxygens (including phenoxy) is 2. The number of primary amides is 1. The van der Waals surface area contributed by atoms with Gasteiger partial charge in [0, 0.05) is 23.1 Å². The zero-order valence-corrected chi connectivity index (χ0v) is 20.8. The first-order chi connectivity index (χ1) is 17.1. The Kier molecular flexibility index (Phi) is 5.62. The summed E-state index contributed by atoms with van der Waals surface area (Å²) in [5.41, 5.74) is 6.97. The Bertz CT molecular complexity index is 1350. The minimum atomic E-state index is -1.14. The highest BCUT2D eigenvalue weighted by Gasteiger charge is 2.57. The molecule has 0 saturated carbocycles. The lowest BCUT2D eigenvalue weighted by molar-refractivity contribution is -0.136. The molecule has 5 rings (SSSR count). The van der Waals surface area contributed by atoms with Crippen LogP contribution in [0.15, 0.2) is 45.5 Å². The molecule has 0 spiro atoms. The molecule has 11 heteroatoms. The number of ketones is 2. The van der Waals surface area contributed by atoms with E-state index < -0.39 is 47.3 Å². The van der Waals surface area contributed by atoms with Gasteiger partial charge >= 0.3 is 6.03 Å². The average molecular weight is 557 g/mol. The number of halogens is 1. The number of nitrogens with two attached hydrogens (primary N) is 1. The molecule has 1 saturated heterocycles. The summed E-state index contributed by atoms with van der Waals surface area (Å²) in [6.07, 6.45) is 3.23. The third kappa shape index (κ3) is 3.25. The van der Waals surface area contributed by atoms with E-state index in [-0.39, 0.29) is 51.5 Å². The summed E-state index contributed by atoms with van der Waals surface area (Å²) in [5.74, 6) is -5.28. The number of allylic oxidation sites excluding steroid dienone is 6. The van der Waals surface area contributed by atoms with Crippen LogP contribution in [-0.4, -0.2) is 53.6 Å². The first-order valence-corrected chi connectivity index (χ1v) is 11.9. The molecule has 36 heavy (non-hydrogen) atoms. The molecule has 186 valence electrons. The number of methoxy groups -OCH3 is 2. The van der Waals surface area contributed by atoms with E-state index in [0.29, 0.717) is 16.0 Å². The summed E-state index contributed by atoms with van der Waals surface area (Å²) >= 11 is 3.16. The molecule has 0 aromatic heterocycles. The summed E-state index contributed by atoms with van der Waals surface area (Å²) in [4.78, 5) is 64.9. The second-order valence-corrected chi connectivity index (χ2v) is 9.87. The molecule has 0 unspecified atom stereocenters. The van der Waals surface area contributed by atoms with Gasteiger partial charge < -0.3 is 20.3 Å². The van der Waals surface area contributed by atoms with Crippen molar-refractivity contribution in [2.45, 2.75) is 18.8 Å². The third-order valence-corrected chi connectivity index (χ3v) is 7.98. The Morgan fingerprint density at radius 2 is 1.72 bits per heavy atom. The zero-order chi connectivity index (χ0) is 26.0. The number of fused-ring (bicyclic) bond motifs is 3. The largest absolute Gasteiger partial charge is 0.502 e. The molecular formula is C25H21BrN2O8. The minimum absolute atomic E-state index is 0.0460. The van der Waals surface area contributed by atoms with Crippen LogP contribution < -0.4 is 15.2 Å². The van der Waals surface area contributed by atoms with Crippen LogP contribution in [-0.2, 0) is 19.2 Å². The number of hydrogen-bond donors (Lipinski definition) is 2. The lowest BCUT2D eigenvalue weighted by atomic mass is 9.59. The van der Waals surface area contributed by atoms with Crippen molar-refractivity contribution in [2.24, 2.45) is 23.5 Å². The van der Waals surface area contributed by atoms with Crippen LogP contribution in [0.5, 0.6) is 17.2 Å². The molecule has 4 aliphatic rings. The van der Waals surface area contributed by atoms with E-state index in [1.807, 2.05) is 0 Å². The number of nitrogens with zero attached hydrogens (tertiary/aromatic N) is 1. The second kappa shape index (κ2) is 8.44. The van der Waals surface area contributed by atoms with Crippen LogP contribution in [0.3, 0.4) is 0 Å². The van der Waals surface area contributed by atoms with Crippen LogP contribution in [0.2, 0.25) is 0 Å². The second-order valence-electron chi connectivity index (χ2n) is 9.02. The average Bonchev–Trinajstić information content (AvgIpc) is 3.11. The van der Waals surface area contributed by atoms with E-state index >= 15 is 0 Å². The summed E-state index contributed by atoms with van der Waals surface area (Å²) in [5, 5.41) is 10.4. The number of phenols is 1. The van der Waals surface area contributed by atoms with Gasteiger partial charge in [-0.05, 0) is 52.4 Å². The van der Waals surface area contributed by atoms with Crippen LogP contribution in [0, 0.1) is 17.8 Å². The van der Waals surface area contributed by atoms with E-state index in [4.69, 9.17) is 15.2 Å². The number of benzene rings is 1. The molecule has 1 aromatic rings. The SMILES string of the molecule is COc1cc([C@H]2C3=CC[C@@H]4C(=O)N(C(N)=O)C(=O)[C@@H]4[C@@H]3CC3=C2C(=O)C=C(Br)C3=O)cc(OC)c1O. The predicted molar refractivity (Wildman–Crippen MR) is 127 cm³/mol. The number of rotatable bonds is 3. The lowest BCUT2D eigenvalue weighted by Crippen LogP contribution is -2.42. The van der Waals surface area contributed by atoms with Crippen LogP contribution in [0.25, 0.3) is 0 Å². The van der Waals surface area contributed by atoms with Crippen molar-refractivity contribution >= 4 is 45.3 Å². The lowest BCUT2D eigenvalue weighted by Gasteiger charge is -2.42. The van der Waals surface area contributed by atoms with E-state index in [9.17, 15) is 29.1 Å². The highest BCUT2D eigenvalue weighted by Crippen LogP contribution is 2.56. The van der Waals surface area contributed by atoms with Crippen LogP contribution >= 0.6 is 15.9 Å². The number of carbonyl (C=O) groups is 5. The molecule has 0 radical (unpaired) electrons. The van der Waals surface area contributed by atoms with Crippen molar-refractivity contribution in [3.63, 3.8) is 0 Å². The fraction of sp³-hybridized carbons (Fsp3) is 0.320. The Morgan fingerprint density at radius 3 is 2.31 bits per heavy atom. The van der Waals surface area contributed by atoms with Gasteiger partial charge in [-0.25, -0.2) is 4.79 Å². The number of hydrogen-bond acceptors (Lipinski definition) is 8. The maximum absolute atomic E-state index is 13.3. The zero-order valence-electron chi connectivity index (χ0n) is 19.2. The number of Topliss-reactive ketones (excluding diaryl/α,β-unsaturated/α-hetero) is 1. The monoisotopic (exact) mass is 556 g/mol.